The highest BCUT2D eigenvalue weighted by Gasteiger charge is 2.15. The summed E-state index contributed by atoms with van der Waals surface area (Å²) in [7, 11) is 3.15. The molecule has 0 bridgehead atoms. The lowest BCUT2D eigenvalue weighted by molar-refractivity contribution is -0.125. The van der Waals surface area contributed by atoms with Crippen LogP contribution in [0.5, 0.6) is 0 Å². The van der Waals surface area contributed by atoms with Crippen LogP contribution in [0.1, 0.15) is 29.7 Å². The van der Waals surface area contributed by atoms with Crippen molar-refractivity contribution in [1.82, 2.24) is 24.6 Å². The van der Waals surface area contributed by atoms with Crippen molar-refractivity contribution in [2.75, 3.05) is 20.8 Å². The normalized spacial score (nSPS) is 12.2. The molecule has 0 radical (unpaired) electrons. The Kier molecular flexibility index (Phi) is 6.97. The van der Waals surface area contributed by atoms with E-state index >= 15 is 0 Å². The van der Waals surface area contributed by atoms with Crippen molar-refractivity contribution in [2.24, 2.45) is 0 Å². The maximum atomic E-state index is 12.2. The van der Waals surface area contributed by atoms with Crippen LogP contribution in [0, 0.1) is 0 Å². The van der Waals surface area contributed by atoms with Crippen molar-refractivity contribution in [3.05, 3.63) is 75.3 Å². The lowest BCUT2D eigenvalue weighted by Gasteiger charge is -2.10. The first-order valence-corrected chi connectivity index (χ1v) is 11.2. The zero-order chi connectivity index (χ0) is 23.4. The second-order valence-corrected chi connectivity index (χ2v) is 8.53. The van der Waals surface area contributed by atoms with Crippen LogP contribution in [-0.2, 0) is 27.6 Å². The summed E-state index contributed by atoms with van der Waals surface area (Å²) in [5.74, 6) is 0.563. The molecule has 4 rings (SSSR count). The number of fused-ring (bicyclic) bond motifs is 1. The zero-order valence-corrected chi connectivity index (χ0v) is 19.5. The second kappa shape index (κ2) is 10.1. The number of methoxy groups -OCH3 is 1. The molecule has 0 aliphatic carbocycles. The van der Waals surface area contributed by atoms with Crippen LogP contribution < -0.4 is 10.2 Å². The molecular formula is C23H25N5O4S. The zero-order valence-electron chi connectivity index (χ0n) is 18.6. The van der Waals surface area contributed by atoms with Gasteiger partial charge in [-0.3, -0.25) is 14.2 Å². The predicted molar refractivity (Wildman–Crippen MR) is 126 cm³/mol. The quantitative estimate of drug-likeness (QED) is 0.406. The van der Waals surface area contributed by atoms with E-state index < -0.39 is 0 Å². The molecule has 1 atom stereocenters. The fourth-order valence-electron chi connectivity index (χ4n) is 3.44. The molecule has 3 aromatic heterocycles. The largest absolute Gasteiger partial charge is 0.367 e. The van der Waals surface area contributed by atoms with Gasteiger partial charge >= 0.3 is 4.87 Å². The van der Waals surface area contributed by atoms with E-state index in [0.29, 0.717) is 12.4 Å². The molecule has 4 aromatic rings. The first-order chi connectivity index (χ1) is 16.0. The van der Waals surface area contributed by atoms with Gasteiger partial charge in [0.25, 0.3) is 0 Å². The smallest absolute Gasteiger partial charge is 0.310 e. The Morgan fingerprint density at radius 2 is 2.09 bits per heavy atom. The number of likely N-dealkylation sites (N-methyl/N-ethyl adjacent to an activating group) is 1. The van der Waals surface area contributed by atoms with Crippen molar-refractivity contribution >= 4 is 27.5 Å². The van der Waals surface area contributed by atoms with Crippen LogP contribution in [0.15, 0.2) is 53.6 Å². The maximum Gasteiger partial charge on any atom is 0.310 e. The number of carbonyl (C=O) groups excluding carboxylic acids is 1. The van der Waals surface area contributed by atoms with Gasteiger partial charge in [-0.15, -0.1) is 0 Å². The third-order valence-electron chi connectivity index (χ3n) is 5.33. The van der Waals surface area contributed by atoms with Crippen LogP contribution in [-0.4, -0.2) is 46.0 Å². The molecule has 0 saturated carbocycles. The number of amides is 1. The predicted octanol–water partition coefficient (Wildman–Crippen LogP) is 2.66. The monoisotopic (exact) mass is 467 g/mol. The molecule has 33 heavy (non-hydrogen) atoms. The van der Waals surface area contributed by atoms with E-state index in [9.17, 15) is 9.59 Å². The molecule has 0 fully saturated rings. The number of aromatic nitrogens is 4. The maximum absolute atomic E-state index is 12.2. The summed E-state index contributed by atoms with van der Waals surface area (Å²) in [5.41, 5.74) is 3.72. The van der Waals surface area contributed by atoms with Gasteiger partial charge in [0.1, 0.15) is 13.3 Å². The van der Waals surface area contributed by atoms with Crippen molar-refractivity contribution < 1.29 is 14.3 Å². The van der Waals surface area contributed by atoms with E-state index in [2.05, 4.69) is 17.2 Å². The molecule has 172 valence electrons. The van der Waals surface area contributed by atoms with Gasteiger partial charge in [0.05, 0.1) is 22.5 Å². The Bertz CT molecular complexity index is 1310. The molecule has 0 aliphatic rings. The number of hydrogen-bond acceptors (Lipinski definition) is 7. The summed E-state index contributed by atoms with van der Waals surface area (Å²) < 4.78 is 14.8. The highest BCUT2D eigenvalue weighted by molar-refractivity contribution is 7.16. The van der Waals surface area contributed by atoms with Gasteiger partial charge in [0.15, 0.2) is 5.82 Å². The van der Waals surface area contributed by atoms with Crippen LogP contribution in [0.25, 0.3) is 16.0 Å². The minimum absolute atomic E-state index is 0.0123. The van der Waals surface area contributed by atoms with Crippen LogP contribution in [0.4, 0.5) is 0 Å². The van der Waals surface area contributed by atoms with Crippen molar-refractivity contribution in [1.29, 1.82) is 0 Å². The molecule has 1 unspecified atom stereocenters. The number of nitrogens with zero attached hydrogens (tertiary/aromatic N) is 4. The van der Waals surface area contributed by atoms with E-state index in [0.717, 1.165) is 27.0 Å². The van der Waals surface area contributed by atoms with Crippen molar-refractivity contribution in [3.8, 4) is 5.82 Å². The Morgan fingerprint density at radius 1 is 1.24 bits per heavy atom. The fourth-order valence-corrected chi connectivity index (χ4v) is 4.37. The number of pyridine rings is 1. The van der Waals surface area contributed by atoms with Gasteiger partial charge in [0, 0.05) is 32.5 Å². The highest BCUT2D eigenvalue weighted by Crippen LogP contribution is 2.27. The van der Waals surface area contributed by atoms with Gasteiger partial charge < -0.3 is 14.8 Å². The van der Waals surface area contributed by atoms with Gasteiger partial charge in [0.2, 0.25) is 5.91 Å². The Labute approximate surface area is 194 Å². The molecule has 1 N–H and O–H groups in total. The summed E-state index contributed by atoms with van der Waals surface area (Å²) in [6, 6.07) is 11.8. The van der Waals surface area contributed by atoms with Gasteiger partial charge in [-0.25, -0.2) is 9.67 Å². The lowest BCUT2D eigenvalue weighted by atomic mass is 9.98. The second-order valence-electron chi connectivity index (χ2n) is 7.54. The van der Waals surface area contributed by atoms with Gasteiger partial charge in [-0.2, -0.15) is 5.10 Å². The average molecular weight is 468 g/mol. The Balaban J connectivity index is 1.47. The van der Waals surface area contributed by atoms with E-state index in [4.69, 9.17) is 14.6 Å². The molecular weight excluding hydrogens is 442 g/mol. The van der Waals surface area contributed by atoms with Crippen molar-refractivity contribution in [3.63, 3.8) is 0 Å². The number of hydrogen-bond donors (Lipinski definition) is 1. The molecule has 1 aromatic carbocycles. The van der Waals surface area contributed by atoms with E-state index in [1.165, 1.54) is 11.3 Å². The minimum Gasteiger partial charge on any atom is -0.367 e. The fraction of sp³-hybridized carbons (Fsp3) is 0.304. The number of nitrogens with one attached hydrogen (secondary N) is 1. The highest BCUT2D eigenvalue weighted by atomic mass is 32.1. The standard InChI is InChI=1S/C23H25N5O4S/c1-15(17-5-6-19-20(10-17)33-23(30)27(19)14-31-3)18-8-9-28(26-18)21-7-4-16(11-25-21)12-32-13-22(29)24-2/h4-11,15H,12-14H2,1-3H3,(H,24,29). The molecule has 0 spiro atoms. The number of benzene rings is 1. The summed E-state index contributed by atoms with van der Waals surface area (Å²) in [6.07, 6.45) is 3.59. The van der Waals surface area contributed by atoms with Crippen LogP contribution in [0.2, 0.25) is 0 Å². The van der Waals surface area contributed by atoms with Crippen LogP contribution >= 0.6 is 11.3 Å². The Hall–Kier alpha value is -3.34. The topological polar surface area (TPSA) is 100 Å². The molecule has 9 nitrogen and oxygen atoms in total. The molecule has 10 heteroatoms. The summed E-state index contributed by atoms with van der Waals surface area (Å²) in [5, 5.41) is 7.21. The first-order valence-electron chi connectivity index (χ1n) is 10.4. The third kappa shape index (κ3) is 5.03. The lowest BCUT2D eigenvalue weighted by Crippen LogP contribution is -2.23. The molecule has 3 heterocycles. The number of thiazole rings is 1. The van der Waals surface area contributed by atoms with Gasteiger partial charge in [-0.1, -0.05) is 30.4 Å². The summed E-state index contributed by atoms with van der Waals surface area (Å²) in [6.45, 7) is 2.65. The number of carbonyl (C=O) groups is 1. The summed E-state index contributed by atoms with van der Waals surface area (Å²) >= 11 is 1.22. The number of ether oxygens (including phenoxy) is 2. The van der Waals surface area contributed by atoms with Gasteiger partial charge in [-0.05, 0) is 35.4 Å². The minimum atomic E-state index is -0.168. The third-order valence-corrected chi connectivity index (χ3v) is 6.27. The van der Waals surface area contributed by atoms with Crippen LogP contribution in [0.3, 0.4) is 0 Å². The average Bonchev–Trinajstić information content (AvgIpc) is 3.44. The van der Waals surface area contributed by atoms with E-state index in [1.807, 2.05) is 42.6 Å². The van der Waals surface area contributed by atoms with E-state index in [-0.39, 0.29) is 30.0 Å². The molecule has 1 amide bonds. The number of rotatable bonds is 9. The Morgan fingerprint density at radius 3 is 2.82 bits per heavy atom. The summed E-state index contributed by atoms with van der Waals surface area (Å²) in [4.78, 5) is 27.9. The molecule has 0 aliphatic heterocycles. The van der Waals surface area contributed by atoms with Crippen molar-refractivity contribution in [2.45, 2.75) is 26.2 Å². The molecule has 0 saturated heterocycles. The van der Waals surface area contributed by atoms with E-state index in [1.54, 1.807) is 29.6 Å². The first kappa shape index (κ1) is 22.8. The SMILES string of the molecule is CNC(=O)COCc1ccc(-n2ccc(C(C)c3ccc4c(c3)sc(=O)n4COC)n2)nc1.